The molecule has 88 valence electrons. The van der Waals surface area contributed by atoms with Gasteiger partial charge in [-0.05, 0) is 30.7 Å². The fourth-order valence-corrected chi connectivity index (χ4v) is 1.28. The number of benzene rings is 1. The van der Waals surface area contributed by atoms with Gasteiger partial charge in [0.25, 0.3) is 0 Å². The number of anilines is 1. The second-order valence-electron chi connectivity index (χ2n) is 4.08. The van der Waals surface area contributed by atoms with Crippen LogP contribution in [0.3, 0.4) is 0 Å². The highest BCUT2D eigenvalue weighted by Crippen LogP contribution is 2.19. The second kappa shape index (κ2) is 5.51. The molecule has 0 spiro atoms. The molecule has 3 N–H and O–H groups in total. The highest BCUT2D eigenvalue weighted by Gasteiger charge is 2.05. The van der Waals surface area contributed by atoms with Crippen molar-refractivity contribution < 1.29 is 9.90 Å². The van der Waals surface area contributed by atoms with E-state index in [0.717, 1.165) is 11.3 Å². The maximum absolute atomic E-state index is 11.5. The van der Waals surface area contributed by atoms with Crippen LogP contribution in [-0.2, 0) is 4.79 Å². The molecule has 1 rings (SSSR count). The molecule has 0 radical (unpaired) electrons. The van der Waals surface area contributed by atoms with Crippen molar-refractivity contribution in [1.29, 1.82) is 0 Å². The molecule has 0 atom stereocenters. The Morgan fingerprint density at radius 2 is 2.12 bits per heavy atom. The normalized spacial score (nSPS) is 10.5. The Morgan fingerprint density at radius 3 is 2.69 bits per heavy atom. The zero-order chi connectivity index (χ0) is 12.1. The summed E-state index contributed by atoms with van der Waals surface area (Å²) >= 11 is 0. The highest BCUT2D eigenvalue weighted by atomic mass is 16.3. The Labute approximate surface area is 95.7 Å². The zero-order valence-corrected chi connectivity index (χ0v) is 9.87. The van der Waals surface area contributed by atoms with E-state index in [9.17, 15) is 9.90 Å². The number of phenolic OH excluding ortho intramolecular Hbond substituents is 1. The van der Waals surface area contributed by atoms with Gasteiger partial charge < -0.3 is 15.7 Å². The van der Waals surface area contributed by atoms with Crippen molar-refractivity contribution in [3.63, 3.8) is 0 Å². The first-order valence-corrected chi connectivity index (χ1v) is 5.32. The molecular formula is C12H18N2O2. The van der Waals surface area contributed by atoms with Crippen LogP contribution in [0.4, 0.5) is 5.69 Å². The predicted molar refractivity (Wildman–Crippen MR) is 64.6 cm³/mol. The van der Waals surface area contributed by atoms with E-state index in [1.807, 2.05) is 20.8 Å². The Bertz CT molecular complexity index is 375. The van der Waals surface area contributed by atoms with Crippen molar-refractivity contribution in [2.75, 3.05) is 11.9 Å². The molecule has 0 unspecified atom stereocenters. The molecule has 0 aliphatic heterocycles. The molecular weight excluding hydrogens is 204 g/mol. The van der Waals surface area contributed by atoms with E-state index in [0.29, 0.717) is 0 Å². The van der Waals surface area contributed by atoms with Crippen LogP contribution in [0.15, 0.2) is 18.2 Å². The number of amides is 1. The molecule has 4 heteroatoms. The number of carbonyl (C=O) groups excluding carboxylic acids is 1. The number of phenols is 1. The van der Waals surface area contributed by atoms with Crippen molar-refractivity contribution in [3.8, 4) is 5.75 Å². The average molecular weight is 222 g/mol. The minimum Gasteiger partial charge on any atom is -0.508 e. The molecule has 0 fully saturated rings. The fourth-order valence-electron chi connectivity index (χ4n) is 1.28. The van der Waals surface area contributed by atoms with E-state index in [2.05, 4.69) is 10.6 Å². The number of aromatic hydroxyl groups is 1. The van der Waals surface area contributed by atoms with Crippen LogP contribution in [0.1, 0.15) is 19.4 Å². The molecule has 1 aromatic carbocycles. The number of rotatable bonds is 4. The molecule has 0 bridgehead atoms. The van der Waals surface area contributed by atoms with Crippen molar-refractivity contribution in [2.24, 2.45) is 0 Å². The molecule has 0 saturated heterocycles. The third kappa shape index (κ3) is 3.90. The summed E-state index contributed by atoms with van der Waals surface area (Å²) in [6.07, 6.45) is 0. The Balaban J connectivity index is 2.56. The van der Waals surface area contributed by atoms with Gasteiger partial charge in [-0.2, -0.15) is 0 Å². The summed E-state index contributed by atoms with van der Waals surface area (Å²) in [5.41, 5.74) is 1.58. The van der Waals surface area contributed by atoms with Crippen LogP contribution in [0.25, 0.3) is 0 Å². The van der Waals surface area contributed by atoms with E-state index in [1.165, 1.54) is 0 Å². The number of nitrogens with one attached hydrogen (secondary N) is 2. The van der Waals surface area contributed by atoms with E-state index < -0.39 is 0 Å². The largest absolute Gasteiger partial charge is 0.508 e. The lowest BCUT2D eigenvalue weighted by Gasteiger charge is -2.10. The van der Waals surface area contributed by atoms with Gasteiger partial charge in [0.1, 0.15) is 5.75 Å². The zero-order valence-electron chi connectivity index (χ0n) is 9.87. The molecule has 1 amide bonds. The van der Waals surface area contributed by atoms with Crippen molar-refractivity contribution in [1.82, 2.24) is 5.32 Å². The lowest BCUT2D eigenvalue weighted by Crippen LogP contribution is -2.32. The molecule has 0 aliphatic carbocycles. The summed E-state index contributed by atoms with van der Waals surface area (Å²) in [5, 5.41) is 15.0. The van der Waals surface area contributed by atoms with E-state index in [-0.39, 0.29) is 24.2 Å². The molecule has 1 aromatic rings. The van der Waals surface area contributed by atoms with Gasteiger partial charge >= 0.3 is 0 Å². The summed E-state index contributed by atoms with van der Waals surface area (Å²) < 4.78 is 0. The minimum absolute atomic E-state index is 0.0810. The highest BCUT2D eigenvalue weighted by molar-refractivity contribution is 5.93. The summed E-state index contributed by atoms with van der Waals surface area (Å²) in [5.74, 6) is 0.123. The quantitative estimate of drug-likeness (QED) is 0.679. The van der Waals surface area contributed by atoms with Gasteiger partial charge in [0, 0.05) is 11.7 Å². The van der Waals surface area contributed by atoms with Crippen LogP contribution < -0.4 is 10.6 Å². The SMILES string of the molecule is Cc1cc(O)ccc1NC(=O)CNC(C)C. The third-order valence-corrected chi connectivity index (χ3v) is 2.15. The third-order valence-electron chi connectivity index (χ3n) is 2.15. The van der Waals surface area contributed by atoms with Gasteiger partial charge in [0.15, 0.2) is 0 Å². The maximum Gasteiger partial charge on any atom is 0.238 e. The number of aryl methyl sites for hydroxylation is 1. The Kier molecular flexibility index (Phi) is 4.31. The van der Waals surface area contributed by atoms with Gasteiger partial charge in [-0.25, -0.2) is 0 Å². The fraction of sp³-hybridized carbons (Fsp3) is 0.417. The van der Waals surface area contributed by atoms with Gasteiger partial charge in [-0.15, -0.1) is 0 Å². The number of carbonyl (C=O) groups is 1. The van der Waals surface area contributed by atoms with E-state index >= 15 is 0 Å². The predicted octanol–water partition coefficient (Wildman–Crippen LogP) is 1.64. The first kappa shape index (κ1) is 12.5. The lowest BCUT2D eigenvalue weighted by molar-refractivity contribution is -0.115. The molecule has 4 nitrogen and oxygen atoms in total. The molecule has 0 aromatic heterocycles. The van der Waals surface area contributed by atoms with Crippen molar-refractivity contribution in [3.05, 3.63) is 23.8 Å². The molecule has 0 heterocycles. The van der Waals surface area contributed by atoms with Gasteiger partial charge in [0.2, 0.25) is 5.91 Å². The summed E-state index contributed by atoms with van der Waals surface area (Å²) in [6.45, 7) is 6.10. The van der Waals surface area contributed by atoms with E-state index in [1.54, 1.807) is 18.2 Å². The molecule has 16 heavy (non-hydrogen) atoms. The molecule has 0 aliphatic rings. The number of hydrogen-bond acceptors (Lipinski definition) is 3. The number of hydrogen-bond donors (Lipinski definition) is 3. The first-order valence-electron chi connectivity index (χ1n) is 5.32. The topological polar surface area (TPSA) is 61.4 Å². The van der Waals surface area contributed by atoms with Crippen LogP contribution >= 0.6 is 0 Å². The lowest BCUT2D eigenvalue weighted by atomic mass is 10.2. The van der Waals surface area contributed by atoms with Gasteiger partial charge in [-0.3, -0.25) is 4.79 Å². The van der Waals surface area contributed by atoms with Crippen LogP contribution in [0.5, 0.6) is 5.75 Å². The van der Waals surface area contributed by atoms with E-state index in [4.69, 9.17) is 0 Å². The second-order valence-corrected chi connectivity index (χ2v) is 4.08. The monoisotopic (exact) mass is 222 g/mol. The Morgan fingerprint density at radius 1 is 1.44 bits per heavy atom. The minimum atomic E-state index is -0.0810. The van der Waals surface area contributed by atoms with Crippen molar-refractivity contribution in [2.45, 2.75) is 26.8 Å². The van der Waals surface area contributed by atoms with Crippen molar-refractivity contribution >= 4 is 11.6 Å². The Hall–Kier alpha value is -1.55. The maximum atomic E-state index is 11.5. The van der Waals surface area contributed by atoms with Gasteiger partial charge in [0.05, 0.1) is 6.54 Å². The summed E-state index contributed by atoms with van der Waals surface area (Å²) in [6, 6.07) is 5.15. The molecule has 0 saturated carbocycles. The first-order chi connectivity index (χ1) is 7.49. The summed E-state index contributed by atoms with van der Waals surface area (Å²) in [7, 11) is 0. The standard InChI is InChI=1S/C12H18N2O2/c1-8(2)13-7-12(16)14-11-5-4-10(15)6-9(11)3/h4-6,8,13,15H,7H2,1-3H3,(H,14,16). The van der Waals surface area contributed by atoms with Crippen LogP contribution in [-0.4, -0.2) is 23.6 Å². The summed E-state index contributed by atoms with van der Waals surface area (Å²) in [4.78, 5) is 11.5. The van der Waals surface area contributed by atoms with Crippen LogP contribution in [0, 0.1) is 6.92 Å². The average Bonchev–Trinajstić information content (AvgIpc) is 2.19. The smallest absolute Gasteiger partial charge is 0.238 e. The van der Waals surface area contributed by atoms with Gasteiger partial charge in [-0.1, -0.05) is 13.8 Å². The van der Waals surface area contributed by atoms with Crippen LogP contribution in [0.2, 0.25) is 0 Å².